The Labute approximate surface area is 231 Å². The number of aryl methyl sites for hydroxylation is 1. The molecule has 0 fully saturated rings. The summed E-state index contributed by atoms with van der Waals surface area (Å²) < 4.78 is 5.47. The van der Waals surface area contributed by atoms with Crippen molar-refractivity contribution in [1.82, 2.24) is 15.5 Å². The zero-order valence-corrected chi connectivity index (χ0v) is 25.2. The first-order valence-electron chi connectivity index (χ1n) is 14.5. The van der Waals surface area contributed by atoms with Gasteiger partial charge in [-0.1, -0.05) is 89.6 Å². The Morgan fingerprint density at radius 2 is 1.53 bits per heavy atom. The maximum absolute atomic E-state index is 14.2. The normalized spacial score (nSPS) is 13.1. The fourth-order valence-electron chi connectivity index (χ4n) is 4.32. The second-order valence-corrected chi connectivity index (χ2v) is 11.7. The van der Waals surface area contributed by atoms with Crippen molar-refractivity contribution < 1.29 is 19.1 Å². The lowest BCUT2D eigenvalue weighted by atomic mass is 9.98. The average Bonchev–Trinajstić information content (AvgIpc) is 2.82. The molecular weight excluding hydrogens is 478 g/mol. The number of nitrogens with zero attached hydrogens (tertiary/aromatic N) is 1. The van der Waals surface area contributed by atoms with E-state index in [4.69, 9.17) is 4.74 Å². The summed E-state index contributed by atoms with van der Waals surface area (Å²) in [5, 5.41) is 5.89. The van der Waals surface area contributed by atoms with Gasteiger partial charge < -0.3 is 20.3 Å². The Morgan fingerprint density at radius 3 is 2.08 bits per heavy atom. The number of hydrogen-bond donors (Lipinski definition) is 2. The molecule has 0 radical (unpaired) electrons. The zero-order chi connectivity index (χ0) is 28.7. The molecule has 0 heterocycles. The summed E-state index contributed by atoms with van der Waals surface area (Å²) in [6.07, 6.45) is 6.69. The SMILES string of the molecule is CCCCCCN(C(=O)C(CC(C)C)NC(=O)OC(C)(C)C)C(C(=O)NCCCCC)c1ccc(C)cc1. The van der Waals surface area contributed by atoms with E-state index in [-0.39, 0.29) is 17.7 Å². The molecule has 38 heavy (non-hydrogen) atoms. The molecule has 3 amide bonds. The minimum Gasteiger partial charge on any atom is -0.444 e. The van der Waals surface area contributed by atoms with Crippen molar-refractivity contribution in [1.29, 1.82) is 0 Å². The third kappa shape index (κ3) is 12.8. The molecular formula is C31H53N3O4. The second-order valence-electron chi connectivity index (χ2n) is 11.7. The molecule has 7 nitrogen and oxygen atoms in total. The number of unbranched alkanes of at least 4 members (excludes halogenated alkanes) is 5. The van der Waals surface area contributed by atoms with Crippen LogP contribution in [0, 0.1) is 12.8 Å². The molecule has 0 saturated heterocycles. The van der Waals surface area contributed by atoms with Crippen LogP contribution in [0.25, 0.3) is 0 Å². The minimum atomic E-state index is -0.795. The Kier molecular flexibility index (Phi) is 15.1. The summed E-state index contributed by atoms with van der Waals surface area (Å²) in [7, 11) is 0. The Hall–Kier alpha value is -2.57. The Bertz CT molecular complexity index is 846. The topological polar surface area (TPSA) is 87.7 Å². The van der Waals surface area contributed by atoms with Gasteiger partial charge in [-0.15, -0.1) is 0 Å². The van der Waals surface area contributed by atoms with Crippen LogP contribution in [0.2, 0.25) is 0 Å². The highest BCUT2D eigenvalue weighted by Crippen LogP contribution is 2.25. The predicted molar refractivity (Wildman–Crippen MR) is 155 cm³/mol. The van der Waals surface area contributed by atoms with Crippen molar-refractivity contribution in [2.24, 2.45) is 5.92 Å². The quantitative estimate of drug-likeness (QED) is 0.233. The van der Waals surface area contributed by atoms with Crippen LogP contribution >= 0.6 is 0 Å². The summed E-state index contributed by atoms with van der Waals surface area (Å²) in [6, 6.07) is 6.22. The average molecular weight is 532 g/mol. The van der Waals surface area contributed by atoms with Gasteiger partial charge in [-0.3, -0.25) is 9.59 Å². The van der Waals surface area contributed by atoms with Gasteiger partial charge in [-0.05, 0) is 58.4 Å². The van der Waals surface area contributed by atoms with E-state index in [1.165, 1.54) is 0 Å². The molecule has 0 aliphatic heterocycles. The Morgan fingerprint density at radius 1 is 0.921 bits per heavy atom. The van der Waals surface area contributed by atoms with Crippen LogP contribution in [0.4, 0.5) is 4.79 Å². The molecule has 2 unspecified atom stereocenters. The number of amides is 3. The number of carbonyl (C=O) groups excluding carboxylic acids is 3. The molecule has 7 heteroatoms. The number of rotatable bonds is 16. The predicted octanol–water partition coefficient (Wildman–Crippen LogP) is 6.69. The largest absolute Gasteiger partial charge is 0.444 e. The lowest BCUT2D eigenvalue weighted by Crippen LogP contribution is -2.53. The van der Waals surface area contributed by atoms with Gasteiger partial charge in [0.15, 0.2) is 0 Å². The number of hydrogen-bond acceptors (Lipinski definition) is 4. The zero-order valence-electron chi connectivity index (χ0n) is 25.2. The van der Waals surface area contributed by atoms with Gasteiger partial charge in [0.25, 0.3) is 0 Å². The van der Waals surface area contributed by atoms with E-state index in [1.807, 2.05) is 45.0 Å². The first kappa shape index (κ1) is 33.5. The van der Waals surface area contributed by atoms with Crippen LogP contribution in [0.3, 0.4) is 0 Å². The summed E-state index contributed by atoms with van der Waals surface area (Å²) in [5.41, 5.74) is 1.17. The molecule has 0 saturated carbocycles. The summed E-state index contributed by atoms with van der Waals surface area (Å²) in [6.45, 7) is 16.7. The van der Waals surface area contributed by atoms with Gasteiger partial charge in [0.1, 0.15) is 17.7 Å². The molecule has 0 aromatic heterocycles. The number of carbonyl (C=O) groups is 3. The first-order valence-corrected chi connectivity index (χ1v) is 14.5. The number of benzene rings is 1. The second kappa shape index (κ2) is 17.1. The minimum absolute atomic E-state index is 0.154. The third-order valence-corrected chi connectivity index (χ3v) is 6.26. The van der Waals surface area contributed by atoms with Gasteiger partial charge in [0, 0.05) is 13.1 Å². The van der Waals surface area contributed by atoms with E-state index < -0.39 is 23.8 Å². The molecule has 1 aromatic carbocycles. The number of ether oxygens (including phenoxy) is 1. The lowest BCUT2D eigenvalue weighted by Gasteiger charge is -2.35. The van der Waals surface area contributed by atoms with Crippen molar-refractivity contribution in [2.45, 2.75) is 124 Å². The van der Waals surface area contributed by atoms with Crippen LogP contribution in [0.15, 0.2) is 24.3 Å². The summed E-state index contributed by atoms with van der Waals surface area (Å²) >= 11 is 0. The van der Waals surface area contributed by atoms with E-state index in [0.29, 0.717) is 19.5 Å². The lowest BCUT2D eigenvalue weighted by molar-refractivity contribution is -0.143. The molecule has 1 rings (SSSR count). The molecule has 2 atom stereocenters. The summed E-state index contributed by atoms with van der Waals surface area (Å²) in [5.74, 6) is -0.286. The van der Waals surface area contributed by atoms with E-state index in [0.717, 1.165) is 56.1 Å². The number of nitrogens with one attached hydrogen (secondary N) is 2. The van der Waals surface area contributed by atoms with Gasteiger partial charge >= 0.3 is 6.09 Å². The molecule has 0 bridgehead atoms. The number of alkyl carbamates (subject to hydrolysis) is 1. The van der Waals surface area contributed by atoms with Crippen LogP contribution < -0.4 is 10.6 Å². The van der Waals surface area contributed by atoms with Crippen molar-refractivity contribution >= 4 is 17.9 Å². The van der Waals surface area contributed by atoms with Gasteiger partial charge in [-0.25, -0.2) is 4.79 Å². The smallest absolute Gasteiger partial charge is 0.408 e. The maximum Gasteiger partial charge on any atom is 0.408 e. The molecule has 0 aliphatic rings. The summed E-state index contributed by atoms with van der Waals surface area (Å²) in [4.78, 5) is 42.2. The molecule has 1 aromatic rings. The van der Waals surface area contributed by atoms with Gasteiger partial charge in [0.05, 0.1) is 0 Å². The van der Waals surface area contributed by atoms with E-state index in [2.05, 4.69) is 24.5 Å². The van der Waals surface area contributed by atoms with Crippen molar-refractivity contribution in [3.8, 4) is 0 Å². The van der Waals surface area contributed by atoms with E-state index in [1.54, 1.807) is 25.7 Å². The highest BCUT2D eigenvalue weighted by atomic mass is 16.6. The van der Waals surface area contributed by atoms with E-state index >= 15 is 0 Å². The van der Waals surface area contributed by atoms with Crippen LogP contribution in [0.5, 0.6) is 0 Å². The highest BCUT2D eigenvalue weighted by molar-refractivity contribution is 5.92. The fourth-order valence-corrected chi connectivity index (χ4v) is 4.32. The molecule has 0 spiro atoms. The van der Waals surface area contributed by atoms with Crippen LogP contribution in [0.1, 0.15) is 117 Å². The molecule has 2 N–H and O–H groups in total. The van der Waals surface area contributed by atoms with E-state index in [9.17, 15) is 14.4 Å². The first-order chi connectivity index (χ1) is 17.9. The molecule has 0 aliphatic carbocycles. The van der Waals surface area contributed by atoms with Crippen LogP contribution in [-0.4, -0.2) is 47.5 Å². The van der Waals surface area contributed by atoms with Gasteiger partial charge in [0.2, 0.25) is 11.8 Å². The maximum atomic E-state index is 14.2. The standard InChI is InChI=1S/C31H53N3O4/c1-9-11-13-15-21-34(29(36)26(22-23(3)4)33-30(37)38-31(6,7)8)27(25-18-16-24(5)17-19-25)28(35)32-20-14-12-10-2/h16-19,23,26-27H,9-15,20-22H2,1-8H3,(H,32,35)(H,33,37). The van der Waals surface area contributed by atoms with Gasteiger partial charge in [-0.2, -0.15) is 0 Å². The molecule has 216 valence electrons. The van der Waals surface area contributed by atoms with Crippen molar-refractivity contribution in [3.05, 3.63) is 35.4 Å². The fraction of sp³-hybridized carbons (Fsp3) is 0.710. The van der Waals surface area contributed by atoms with Crippen LogP contribution in [-0.2, 0) is 14.3 Å². The Balaban J connectivity index is 3.40. The van der Waals surface area contributed by atoms with Crippen molar-refractivity contribution in [2.75, 3.05) is 13.1 Å². The highest BCUT2D eigenvalue weighted by Gasteiger charge is 2.36. The third-order valence-electron chi connectivity index (χ3n) is 6.26. The van der Waals surface area contributed by atoms with Crippen molar-refractivity contribution in [3.63, 3.8) is 0 Å². The monoisotopic (exact) mass is 531 g/mol.